The van der Waals surface area contributed by atoms with Gasteiger partial charge in [-0.05, 0) is 6.42 Å². The number of carbonyl (C=O) groups is 1. The maximum atomic E-state index is 11.8. The molecule has 1 N–H and O–H groups in total. The molecule has 1 unspecified atom stereocenters. The molecule has 5 nitrogen and oxygen atoms in total. The third-order valence-electron chi connectivity index (χ3n) is 5.81. The summed E-state index contributed by atoms with van der Waals surface area (Å²) in [6.45, 7) is 4.77. The minimum absolute atomic E-state index is 0.0778. The van der Waals surface area contributed by atoms with Gasteiger partial charge in [-0.1, -0.05) is 77.6 Å². The lowest BCUT2D eigenvalue weighted by Gasteiger charge is -2.33. The van der Waals surface area contributed by atoms with Gasteiger partial charge in [0.05, 0.1) is 20.3 Å². The molecule has 0 aromatic heterocycles. The van der Waals surface area contributed by atoms with E-state index in [1.165, 1.54) is 77.7 Å². The van der Waals surface area contributed by atoms with Crippen LogP contribution >= 0.6 is 0 Å². The minimum atomic E-state index is -0.215. The van der Waals surface area contributed by atoms with Gasteiger partial charge >= 0.3 is 5.97 Å². The fraction of sp³-hybridized carbons (Fsp3) is 0.909. The molecule has 1 aliphatic heterocycles. The number of ether oxygens (including phenoxy) is 1. The van der Waals surface area contributed by atoms with E-state index in [4.69, 9.17) is 4.74 Å². The zero-order chi connectivity index (χ0) is 19.8. The molecule has 0 saturated carbocycles. The molecule has 1 atom stereocenters. The van der Waals surface area contributed by atoms with Crippen molar-refractivity contribution in [2.24, 2.45) is 4.99 Å². The smallest absolute Gasteiger partial charge is 0.361 e. The molecule has 5 heteroatoms. The largest absolute Gasteiger partial charge is 0.465 e. The maximum Gasteiger partial charge on any atom is 0.361 e. The molecule has 1 aliphatic rings. The lowest BCUT2D eigenvalue weighted by molar-refractivity contribution is -0.829. The Labute approximate surface area is 166 Å². The van der Waals surface area contributed by atoms with E-state index >= 15 is 0 Å². The van der Waals surface area contributed by atoms with Crippen molar-refractivity contribution >= 4 is 11.8 Å². The minimum Gasteiger partial charge on any atom is -0.465 e. The number of hydrogen-bond donors (Lipinski definition) is 1. The van der Waals surface area contributed by atoms with Crippen molar-refractivity contribution in [1.82, 2.24) is 0 Å². The predicted molar refractivity (Wildman–Crippen MR) is 112 cm³/mol. The van der Waals surface area contributed by atoms with Gasteiger partial charge in [0.15, 0.2) is 12.4 Å². The molecule has 0 bridgehead atoms. The van der Waals surface area contributed by atoms with Gasteiger partial charge in [-0.15, -0.1) is 0 Å². The molecule has 27 heavy (non-hydrogen) atoms. The Morgan fingerprint density at radius 3 is 2.07 bits per heavy atom. The van der Waals surface area contributed by atoms with Crippen molar-refractivity contribution in [1.29, 1.82) is 0 Å². The summed E-state index contributed by atoms with van der Waals surface area (Å²) in [6, 6.07) is 0. The molecule has 0 saturated heterocycles. The van der Waals surface area contributed by atoms with Crippen LogP contribution in [0.3, 0.4) is 0 Å². The molecule has 1 rings (SSSR count). The standard InChI is InChI=1S/C22H43N2O3/c1-3-4-5-6-7-8-9-10-11-12-13-14-15-21-23-16-17-24(21,18-19-25)20-22(26)27-2/h25H,3-20H2,1-2H3/q+1. The molecular formula is C22H43N2O3+. The van der Waals surface area contributed by atoms with E-state index in [0.717, 1.165) is 31.8 Å². The zero-order valence-corrected chi connectivity index (χ0v) is 17.9. The number of carbonyl (C=O) groups excluding carboxylic acids is 1. The van der Waals surface area contributed by atoms with Crippen molar-refractivity contribution in [3.63, 3.8) is 0 Å². The molecule has 0 amide bonds. The fourth-order valence-electron chi connectivity index (χ4n) is 4.08. The number of aliphatic hydroxyl groups is 1. The number of hydrogen-bond acceptors (Lipinski definition) is 4. The molecule has 0 aromatic carbocycles. The first kappa shape index (κ1) is 24.1. The van der Waals surface area contributed by atoms with Crippen LogP contribution in [-0.2, 0) is 9.53 Å². The second-order valence-electron chi connectivity index (χ2n) is 7.99. The predicted octanol–water partition coefficient (Wildman–Crippen LogP) is 4.47. The Kier molecular flexibility index (Phi) is 13.4. The number of amidine groups is 1. The first-order valence-corrected chi connectivity index (χ1v) is 11.3. The summed E-state index contributed by atoms with van der Waals surface area (Å²) >= 11 is 0. The summed E-state index contributed by atoms with van der Waals surface area (Å²) in [5, 5.41) is 9.45. The third kappa shape index (κ3) is 9.70. The number of esters is 1. The lowest BCUT2D eigenvalue weighted by atomic mass is 10.0. The number of quaternary nitrogens is 1. The average molecular weight is 384 g/mol. The zero-order valence-electron chi connectivity index (χ0n) is 17.9. The van der Waals surface area contributed by atoms with E-state index in [-0.39, 0.29) is 12.6 Å². The Morgan fingerprint density at radius 1 is 1.00 bits per heavy atom. The number of aliphatic hydroxyl groups excluding tert-OH is 1. The Bertz CT molecular complexity index is 426. The van der Waals surface area contributed by atoms with Crippen LogP contribution in [0.4, 0.5) is 0 Å². The third-order valence-corrected chi connectivity index (χ3v) is 5.81. The average Bonchev–Trinajstić information content (AvgIpc) is 3.04. The van der Waals surface area contributed by atoms with Crippen LogP contribution in [0.2, 0.25) is 0 Å². The van der Waals surface area contributed by atoms with Gasteiger partial charge in [0.2, 0.25) is 0 Å². The van der Waals surface area contributed by atoms with E-state index in [1.807, 2.05) is 0 Å². The van der Waals surface area contributed by atoms with Crippen LogP contribution in [0.1, 0.15) is 90.4 Å². The Morgan fingerprint density at radius 2 is 1.56 bits per heavy atom. The number of unbranched alkanes of at least 4 members (excludes halogenated alkanes) is 11. The van der Waals surface area contributed by atoms with Crippen LogP contribution in [-0.4, -0.2) is 61.3 Å². The normalized spacial score (nSPS) is 19.3. The topological polar surface area (TPSA) is 58.9 Å². The SMILES string of the molecule is CCCCCCCCCCCCCCC1=NCC[N+]1(CCO)CC(=O)OC. The monoisotopic (exact) mass is 383 g/mol. The van der Waals surface area contributed by atoms with Gasteiger partial charge in [-0.3, -0.25) is 4.48 Å². The van der Waals surface area contributed by atoms with Crippen LogP contribution in [0.15, 0.2) is 4.99 Å². The quantitative estimate of drug-likeness (QED) is 0.229. The van der Waals surface area contributed by atoms with Crippen molar-refractivity contribution < 1.29 is 19.1 Å². The summed E-state index contributed by atoms with van der Waals surface area (Å²) in [4.78, 5) is 16.4. The van der Waals surface area contributed by atoms with Gasteiger partial charge in [0.25, 0.3) is 0 Å². The van der Waals surface area contributed by atoms with Crippen molar-refractivity contribution in [2.75, 3.05) is 39.9 Å². The molecule has 0 spiro atoms. The highest BCUT2D eigenvalue weighted by molar-refractivity contribution is 5.80. The van der Waals surface area contributed by atoms with E-state index < -0.39 is 0 Å². The van der Waals surface area contributed by atoms with Gasteiger partial charge in [0, 0.05) is 6.42 Å². The summed E-state index contributed by atoms with van der Waals surface area (Å²) in [5.41, 5.74) is 0. The molecule has 0 radical (unpaired) electrons. The van der Waals surface area contributed by atoms with Crippen LogP contribution in [0, 0.1) is 0 Å². The molecule has 1 heterocycles. The maximum absolute atomic E-state index is 11.8. The number of nitrogens with zero attached hydrogens (tertiary/aromatic N) is 2. The summed E-state index contributed by atoms with van der Waals surface area (Å²) in [5.74, 6) is 0.870. The number of methoxy groups -OCH3 is 1. The summed E-state index contributed by atoms with van der Waals surface area (Å²) in [6.07, 6.45) is 17.0. The second-order valence-corrected chi connectivity index (χ2v) is 7.99. The van der Waals surface area contributed by atoms with E-state index in [1.54, 1.807) is 0 Å². The second kappa shape index (κ2) is 15.0. The van der Waals surface area contributed by atoms with Crippen LogP contribution < -0.4 is 0 Å². The van der Waals surface area contributed by atoms with E-state index in [2.05, 4.69) is 11.9 Å². The van der Waals surface area contributed by atoms with Crippen molar-refractivity contribution in [2.45, 2.75) is 90.4 Å². The Hall–Kier alpha value is -0.940. The van der Waals surface area contributed by atoms with Crippen LogP contribution in [0.25, 0.3) is 0 Å². The highest BCUT2D eigenvalue weighted by Crippen LogP contribution is 2.20. The summed E-state index contributed by atoms with van der Waals surface area (Å²) < 4.78 is 5.36. The van der Waals surface area contributed by atoms with Gasteiger partial charge in [0.1, 0.15) is 13.1 Å². The summed E-state index contributed by atoms with van der Waals surface area (Å²) in [7, 11) is 1.43. The first-order chi connectivity index (χ1) is 13.2. The van der Waals surface area contributed by atoms with Crippen molar-refractivity contribution in [3.05, 3.63) is 0 Å². The van der Waals surface area contributed by atoms with Gasteiger partial charge in [-0.25, -0.2) is 9.79 Å². The van der Waals surface area contributed by atoms with Gasteiger partial charge < -0.3 is 9.84 Å². The van der Waals surface area contributed by atoms with Crippen LogP contribution in [0.5, 0.6) is 0 Å². The fourth-order valence-corrected chi connectivity index (χ4v) is 4.08. The molecule has 0 fully saturated rings. The lowest BCUT2D eigenvalue weighted by Crippen LogP contribution is -2.55. The molecule has 158 valence electrons. The number of aliphatic imine (C=N–C) groups is 1. The van der Waals surface area contributed by atoms with Crippen molar-refractivity contribution in [3.8, 4) is 0 Å². The van der Waals surface area contributed by atoms with E-state index in [0.29, 0.717) is 17.6 Å². The highest BCUT2D eigenvalue weighted by atomic mass is 16.5. The molecular weight excluding hydrogens is 340 g/mol. The molecule has 0 aromatic rings. The van der Waals surface area contributed by atoms with E-state index in [9.17, 15) is 9.90 Å². The Balaban J connectivity index is 2.13. The number of rotatable bonds is 17. The first-order valence-electron chi connectivity index (χ1n) is 11.3. The highest BCUT2D eigenvalue weighted by Gasteiger charge is 2.39. The van der Waals surface area contributed by atoms with Gasteiger partial charge in [-0.2, -0.15) is 0 Å². The molecule has 0 aliphatic carbocycles.